The number of fused-ring (bicyclic) bond motifs is 2. The number of nitrogens with one attached hydrogen (secondary N) is 2. The van der Waals surface area contributed by atoms with E-state index in [1.165, 1.54) is 37.4 Å². The molecule has 1 fully saturated rings. The van der Waals surface area contributed by atoms with Crippen molar-refractivity contribution in [2.45, 2.75) is 22.9 Å². The van der Waals surface area contributed by atoms with Crippen LogP contribution in [-0.2, 0) is 14.6 Å². The molecule has 0 heterocycles. The van der Waals surface area contributed by atoms with Crippen molar-refractivity contribution in [2.24, 2.45) is 17.8 Å². The van der Waals surface area contributed by atoms with Crippen LogP contribution in [0.2, 0.25) is 0 Å². The molecule has 0 saturated heterocycles. The van der Waals surface area contributed by atoms with Crippen LogP contribution in [0.4, 0.5) is 23.2 Å². The minimum atomic E-state index is -5.65. The zero-order valence-electron chi connectivity index (χ0n) is 22.8. The highest BCUT2D eigenvalue weighted by atomic mass is 32.2. The first-order valence-corrected chi connectivity index (χ1v) is 14.6. The van der Waals surface area contributed by atoms with Gasteiger partial charge >= 0.3 is 11.5 Å². The molecule has 3 N–H and O–H groups in total. The van der Waals surface area contributed by atoms with Gasteiger partial charge in [0.1, 0.15) is 11.6 Å². The lowest BCUT2D eigenvalue weighted by Crippen LogP contribution is -2.47. The Morgan fingerprint density at radius 2 is 1.64 bits per heavy atom. The third-order valence-corrected chi connectivity index (χ3v) is 9.24. The SMILES string of the molecule is COc1cc(F)c(-c2ccccc2C(=O)O)cc1C(=O)N[C@@H]1[C@H](C(=O)Nc2cccc(S(=O)(=O)C(F)(F)F)c2)[C@H]2C=C[C@@H]1C2. The summed E-state index contributed by atoms with van der Waals surface area (Å²) in [6, 6.07) is 10.8. The van der Waals surface area contributed by atoms with Crippen molar-refractivity contribution in [3.8, 4) is 16.9 Å². The number of sulfone groups is 1. The van der Waals surface area contributed by atoms with Crippen LogP contribution in [0.25, 0.3) is 11.1 Å². The quantitative estimate of drug-likeness (QED) is 0.233. The maximum absolute atomic E-state index is 15.1. The average Bonchev–Trinajstić information content (AvgIpc) is 3.58. The first-order valence-electron chi connectivity index (χ1n) is 13.1. The Bertz CT molecular complexity index is 1810. The fraction of sp³-hybridized carbons (Fsp3) is 0.233. The molecule has 2 amide bonds. The number of allylic oxidation sites excluding steroid dienone is 1. The molecular weight excluding hydrogens is 608 g/mol. The summed E-state index contributed by atoms with van der Waals surface area (Å²) in [5.74, 6) is -5.16. The molecule has 4 atom stereocenters. The van der Waals surface area contributed by atoms with Crippen LogP contribution in [0.1, 0.15) is 27.1 Å². The standard InChI is InChI=1S/C30H24F4N2O7S/c1-43-24-14-23(31)21(19-7-2-3-8-20(19)29(39)40)13-22(24)27(37)36-26-16-10-9-15(11-16)25(26)28(38)35-17-5-4-6-18(12-17)44(41,42)30(32,33)34/h2-10,12-16,25-26H,11H2,1H3,(H,35,38)(H,36,37)(H,39,40)/t15-,16+,25+,26-/m0/s1. The Morgan fingerprint density at radius 1 is 0.932 bits per heavy atom. The third kappa shape index (κ3) is 5.52. The molecule has 0 unspecified atom stereocenters. The molecule has 2 aliphatic rings. The van der Waals surface area contributed by atoms with Crippen LogP contribution < -0.4 is 15.4 Å². The summed E-state index contributed by atoms with van der Waals surface area (Å²) in [7, 11) is -4.43. The number of aromatic carboxylic acids is 1. The average molecular weight is 633 g/mol. The molecule has 9 nitrogen and oxygen atoms in total. The lowest BCUT2D eigenvalue weighted by Gasteiger charge is -2.28. The van der Waals surface area contributed by atoms with Gasteiger partial charge in [0.2, 0.25) is 5.91 Å². The van der Waals surface area contributed by atoms with Gasteiger partial charge in [-0.3, -0.25) is 9.59 Å². The van der Waals surface area contributed by atoms with Crippen LogP contribution in [0.3, 0.4) is 0 Å². The number of hydrogen-bond donors (Lipinski definition) is 3. The summed E-state index contributed by atoms with van der Waals surface area (Å²) in [6.45, 7) is 0. The van der Waals surface area contributed by atoms with Crippen molar-refractivity contribution >= 4 is 33.3 Å². The molecule has 0 aromatic heterocycles. The maximum Gasteiger partial charge on any atom is 0.501 e. The molecule has 2 aliphatic carbocycles. The second-order valence-corrected chi connectivity index (χ2v) is 12.3. The third-order valence-electron chi connectivity index (χ3n) is 7.76. The molecule has 0 radical (unpaired) electrons. The van der Waals surface area contributed by atoms with Crippen LogP contribution >= 0.6 is 0 Å². The van der Waals surface area contributed by atoms with Crippen molar-refractivity contribution in [3.63, 3.8) is 0 Å². The number of carbonyl (C=O) groups excluding carboxylic acids is 2. The van der Waals surface area contributed by atoms with E-state index in [2.05, 4.69) is 10.6 Å². The zero-order valence-corrected chi connectivity index (χ0v) is 23.6. The normalized spacial score (nSPS) is 20.8. The van der Waals surface area contributed by atoms with E-state index in [0.717, 1.165) is 24.3 Å². The van der Waals surface area contributed by atoms with Gasteiger partial charge in [0.15, 0.2) is 0 Å². The summed E-state index contributed by atoms with van der Waals surface area (Å²) in [5.41, 5.74) is -6.16. The van der Waals surface area contributed by atoms with Crippen LogP contribution in [0.15, 0.2) is 77.7 Å². The number of alkyl halides is 3. The molecule has 230 valence electrons. The molecule has 0 aliphatic heterocycles. The lowest BCUT2D eigenvalue weighted by molar-refractivity contribution is -0.121. The largest absolute Gasteiger partial charge is 0.501 e. The first kappa shape index (κ1) is 30.7. The first-order chi connectivity index (χ1) is 20.7. The number of amides is 2. The molecule has 0 spiro atoms. The lowest BCUT2D eigenvalue weighted by atomic mass is 9.87. The van der Waals surface area contributed by atoms with Gasteiger partial charge in [-0.15, -0.1) is 0 Å². The van der Waals surface area contributed by atoms with Crippen LogP contribution in [0, 0.1) is 23.6 Å². The van der Waals surface area contributed by atoms with Crippen molar-refractivity contribution < 1.29 is 50.2 Å². The van der Waals surface area contributed by atoms with Crippen LogP contribution in [0.5, 0.6) is 5.75 Å². The highest BCUT2D eigenvalue weighted by Gasteiger charge is 2.49. The minimum Gasteiger partial charge on any atom is -0.496 e. The van der Waals surface area contributed by atoms with Crippen molar-refractivity contribution in [1.29, 1.82) is 0 Å². The number of methoxy groups -OCH3 is 1. The number of anilines is 1. The van der Waals surface area contributed by atoms with E-state index in [0.29, 0.717) is 12.5 Å². The van der Waals surface area contributed by atoms with Gasteiger partial charge in [-0.05, 0) is 54.2 Å². The number of halogens is 4. The smallest absolute Gasteiger partial charge is 0.496 e. The molecule has 2 bridgehead atoms. The highest BCUT2D eigenvalue weighted by molar-refractivity contribution is 7.92. The van der Waals surface area contributed by atoms with Gasteiger partial charge in [0, 0.05) is 23.4 Å². The Morgan fingerprint density at radius 3 is 2.32 bits per heavy atom. The molecular formula is C30H24F4N2O7S. The maximum atomic E-state index is 15.1. The predicted octanol–water partition coefficient (Wildman–Crippen LogP) is 5.05. The number of ether oxygens (including phenoxy) is 1. The Kier molecular flexibility index (Phi) is 7.97. The van der Waals surface area contributed by atoms with Gasteiger partial charge in [-0.25, -0.2) is 17.6 Å². The molecule has 3 aromatic carbocycles. The summed E-state index contributed by atoms with van der Waals surface area (Å²) in [6.07, 6.45) is 4.11. The fourth-order valence-corrected chi connectivity index (χ4v) is 6.53. The molecule has 5 rings (SSSR count). The number of carboxylic acids is 1. The summed E-state index contributed by atoms with van der Waals surface area (Å²) >= 11 is 0. The predicted molar refractivity (Wildman–Crippen MR) is 149 cm³/mol. The number of carbonyl (C=O) groups is 3. The topological polar surface area (TPSA) is 139 Å². The van der Waals surface area contributed by atoms with E-state index in [-0.39, 0.29) is 45.5 Å². The number of benzene rings is 3. The van der Waals surface area contributed by atoms with Gasteiger partial charge in [0.25, 0.3) is 15.7 Å². The van der Waals surface area contributed by atoms with E-state index in [1.54, 1.807) is 6.08 Å². The van der Waals surface area contributed by atoms with Gasteiger partial charge in [-0.2, -0.15) is 13.2 Å². The van der Waals surface area contributed by atoms with Gasteiger partial charge in [0.05, 0.1) is 29.1 Å². The van der Waals surface area contributed by atoms with E-state index < -0.39 is 55.8 Å². The van der Waals surface area contributed by atoms with Crippen LogP contribution in [-0.4, -0.2) is 50.0 Å². The molecule has 14 heteroatoms. The van der Waals surface area contributed by atoms with E-state index in [4.69, 9.17) is 4.74 Å². The fourth-order valence-electron chi connectivity index (χ4n) is 5.72. The van der Waals surface area contributed by atoms with Gasteiger partial charge in [-0.1, -0.05) is 36.4 Å². The summed E-state index contributed by atoms with van der Waals surface area (Å²) in [4.78, 5) is 37.7. The van der Waals surface area contributed by atoms with Crippen molar-refractivity contribution in [1.82, 2.24) is 5.32 Å². The highest BCUT2D eigenvalue weighted by Crippen LogP contribution is 2.45. The Balaban J connectivity index is 1.42. The number of hydrogen-bond acceptors (Lipinski definition) is 6. The van der Waals surface area contributed by atoms with E-state index >= 15 is 4.39 Å². The van der Waals surface area contributed by atoms with Crippen molar-refractivity contribution in [3.05, 3.63) is 89.8 Å². The van der Waals surface area contributed by atoms with E-state index in [1.807, 2.05) is 6.08 Å². The second kappa shape index (κ2) is 11.4. The molecule has 44 heavy (non-hydrogen) atoms. The zero-order chi connectivity index (χ0) is 32.0. The Labute approximate surface area is 248 Å². The minimum absolute atomic E-state index is 0.0316. The molecule has 1 saturated carbocycles. The molecule has 3 aromatic rings. The second-order valence-electron chi connectivity index (χ2n) is 10.3. The van der Waals surface area contributed by atoms with Crippen molar-refractivity contribution in [2.75, 3.05) is 12.4 Å². The monoisotopic (exact) mass is 632 g/mol. The Hall–Kier alpha value is -4.72. The van der Waals surface area contributed by atoms with E-state index in [9.17, 15) is 41.1 Å². The number of rotatable bonds is 8. The summed E-state index contributed by atoms with van der Waals surface area (Å²) < 4.78 is 83.2. The number of carboxylic acid groups (broad SMARTS) is 1. The van der Waals surface area contributed by atoms with Gasteiger partial charge < -0.3 is 20.5 Å². The summed E-state index contributed by atoms with van der Waals surface area (Å²) in [5, 5.41) is 14.8.